The molecular weight excluding hydrogens is 291 g/mol. The molecule has 0 radical (unpaired) electrons. The largest absolute Gasteiger partial charge is 0.435 e. The second-order valence-corrected chi connectivity index (χ2v) is 4.60. The van der Waals surface area contributed by atoms with Crippen LogP contribution in [-0.4, -0.2) is 10.2 Å². The maximum atomic E-state index is 12.4. The highest BCUT2D eigenvalue weighted by molar-refractivity contribution is 6.31. The monoisotopic (exact) mass is 301 g/mol. The average molecular weight is 302 g/mol. The fourth-order valence-corrected chi connectivity index (χ4v) is 1.99. The molecule has 2 rings (SSSR count). The molecule has 1 aromatic heterocycles. The van der Waals surface area contributed by atoms with Crippen molar-refractivity contribution in [2.24, 2.45) is 0 Å². The highest BCUT2D eigenvalue weighted by Crippen LogP contribution is 2.28. The Hall–Kier alpha value is -1.82. The Labute approximate surface area is 118 Å². The van der Waals surface area contributed by atoms with Gasteiger partial charge in [0, 0.05) is 5.02 Å². The lowest BCUT2D eigenvalue weighted by Crippen LogP contribution is -2.12. The highest BCUT2D eigenvalue weighted by Gasteiger charge is 2.32. The first-order chi connectivity index (χ1) is 9.38. The van der Waals surface area contributed by atoms with Crippen LogP contribution in [0.2, 0.25) is 5.02 Å². The minimum atomic E-state index is -4.49. The van der Waals surface area contributed by atoms with Gasteiger partial charge in [-0.3, -0.25) is 0 Å². The van der Waals surface area contributed by atoms with Crippen LogP contribution < -0.4 is 5.32 Å². The summed E-state index contributed by atoms with van der Waals surface area (Å²) in [5.74, 6) is 0.255. The van der Waals surface area contributed by atoms with Crippen molar-refractivity contribution in [3.05, 3.63) is 52.7 Å². The zero-order valence-corrected chi connectivity index (χ0v) is 11.2. The van der Waals surface area contributed by atoms with E-state index in [9.17, 15) is 13.2 Å². The third-order valence-corrected chi connectivity index (χ3v) is 3.04. The van der Waals surface area contributed by atoms with E-state index in [1.807, 2.05) is 19.1 Å². The van der Waals surface area contributed by atoms with Crippen molar-refractivity contribution in [1.29, 1.82) is 0 Å². The molecule has 106 valence electrons. The molecule has 2 aromatic rings. The number of anilines is 1. The summed E-state index contributed by atoms with van der Waals surface area (Å²) >= 11 is 6.05. The topological polar surface area (TPSA) is 37.8 Å². The van der Waals surface area contributed by atoms with Gasteiger partial charge in [0.1, 0.15) is 5.82 Å². The van der Waals surface area contributed by atoms with Gasteiger partial charge < -0.3 is 5.32 Å². The molecule has 3 nitrogen and oxygen atoms in total. The van der Waals surface area contributed by atoms with E-state index >= 15 is 0 Å². The van der Waals surface area contributed by atoms with Crippen LogP contribution in [0.5, 0.6) is 0 Å². The molecule has 0 saturated carbocycles. The van der Waals surface area contributed by atoms with E-state index in [4.69, 9.17) is 11.6 Å². The Morgan fingerprint density at radius 2 is 1.80 bits per heavy atom. The summed E-state index contributed by atoms with van der Waals surface area (Å²) in [6, 6.07) is 9.13. The van der Waals surface area contributed by atoms with Gasteiger partial charge in [-0.05, 0) is 30.7 Å². The molecule has 7 heteroatoms. The molecule has 0 aliphatic heterocycles. The highest BCUT2D eigenvalue weighted by atomic mass is 35.5. The van der Waals surface area contributed by atoms with Crippen LogP contribution in [0.3, 0.4) is 0 Å². The predicted molar refractivity (Wildman–Crippen MR) is 70.5 cm³/mol. The molecule has 0 fully saturated rings. The van der Waals surface area contributed by atoms with Crippen LogP contribution in [0.4, 0.5) is 19.0 Å². The summed E-state index contributed by atoms with van der Waals surface area (Å²) in [7, 11) is 0. The van der Waals surface area contributed by atoms with Crippen LogP contribution in [0.1, 0.15) is 24.2 Å². The minimum absolute atomic E-state index is 0.199. The minimum Gasteiger partial charge on any atom is -0.362 e. The first kappa shape index (κ1) is 14.6. The van der Waals surface area contributed by atoms with E-state index in [0.717, 1.165) is 11.6 Å². The van der Waals surface area contributed by atoms with Crippen LogP contribution >= 0.6 is 11.6 Å². The van der Waals surface area contributed by atoms with Crippen molar-refractivity contribution in [3.8, 4) is 0 Å². The van der Waals surface area contributed by atoms with Crippen LogP contribution in [0, 0.1) is 0 Å². The third-order valence-electron chi connectivity index (χ3n) is 2.69. The quantitative estimate of drug-likeness (QED) is 0.917. The normalized spacial score (nSPS) is 13.1. The van der Waals surface area contributed by atoms with Gasteiger partial charge >= 0.3 is 6.18 Å². The maximum Gasteiger partial charge on any atom is 0.435 e. The molecule has 1 aromatic carbocycles. The Bertz CT molecular complexity index is 584. The van der Waals surface area contributed by atoms with Gasteiger partial charge in [-0.1, -0.05) is 29.8 Å². The number of hydrogen-bond donors (Lipinski definition) is 1. The number of aromatic nitrogens is 2. The van der Waals surface area contributed by atoms with Crippen molar-refractivity contribution < 1.29 is 13.2 Å². The van der Waals surface area contributed by atoms with Gasteiger partial charge in [0.15, 0.2) is 5.69 Å². The summed E-state index contributed by atoms with van der Waals surface area (Å²) in [5.41, 5.74) is -0.190. The molecule has 1 unspecified atom stereocenters. The summed E-state index contributed by atoms with van der Waals surface area (Å²) in [6.07, 6.45) is -4.49. The summed E-state index contributed by atoms with van der Waals surface area (Å²) in [4.78, 5) is 0. The molecule has 1 N–H and O–H groups in total. The first-order valence-electron chi connectivity index (χ1n) is 5.80. The molecule has 1 heterocycles. The molecule has 0 aliphatic rings. The molecule has 1 atom stereocenters. The van der Waals surface area contributed by atoms with E-state index in [2.05, 4.69) is 15.5 Å². The number of benzene rings is 1. The standard InChI is InChI=1S/C13H11ClF3N3/c1-8(9-4-2-3-5-10(9)14)18-12-7-6-11(19-20-12)13(15,16)17/h2-8H,1H3,(H,18,20). The van der Waals surface area contributed by atoms with Crippen LogP contribution in [-0.2, 0) is 6.18 Å². The van der Waals surface area contributed by atoms with Gasteiger partial charge in [-0.15, -0.1) is 10.2 Å². The lowest BCUT2D eigenvalue weighted by Gasteiger charge is -2.16. The first-order valence-corrected chi connectivity index (χ1v) is 6.17. The Kier molecular flexibility index (Phi) is 4.13. The molecule has 0 saturated heterocycles. The van der Waals surface area contributed by atoms with Gasteiger partial charge in [-0.2, -0.15) is 13.2 Å². The fraction of sp³-hybridized carbons (Fsp3) is 0.231. The second kappa shape index (κ2) is 5.66. The lowest BCUT2D eigenvalue weighted by molar-refractivity contribution is -0.141. The van der Waals surface area contributed by atoms with Crippen molar-refractivity contribution in [1.82, 2.24) is 10.2 Å². The van der Waals surface area contributed by atoms with E-state index in [1.54, 1.807) is 12.1 Å². The number of nitrogens with zero attached hydrogens (tertiary/aromatic N) is 2. The molecule has 20 heavy (non-hydrogen) atoms. The summed E-state index contributed by atoms with van der Waals surface area (Å²) in [6.45, 7) is 1.83. The van der Waals surface area contributed by atoms with Crippen molar-refractivity contribution in [3.63, 3.8) is 0 Å². The van der Waals surface area contributed by atoms with E-state index in [-0.39, 0.29) is 11.9 Å². The lowest BCUT2D eigenvalue weighted by atomic mass is 10.1. The van der Waals surface area contributed by atoms with E-state index in [0.29, 0.717) is 5.02 Å². The predicted octanol–water partition coefficient (Wildman–Crippen LogP) is 4.32. The average Bonchev–Trinajstić information content (AvgIpc) is 2.38. The summed E-state index contributed by atoms with van der Waals surface area (Å²) < 4.78 is 37.1. The zero-order chi connectivity index (χ0) is 14.8. The number of alkyl halides is 3. The van der Waals surface area contributed by atoms with Gasteiger partial charge in [0.05, 0.1) is 6.04 Å². The fourth-order valence-electron chi connectivity index (χ4n) is 1.69. The van der Waals surface area contributed by atoms with Crippen LogP contribution in [0.25, 0.3) is 0 Å². The van der Waals surface area contributed by atoms with E-state index in [1.165, 1.54) is 6.07 Å². The van der Waals surface area contributed by atoms with E-state index < -0.39 is 11.9 Å². The number of halogens is 4. The number of rotatable bonds is 3. The zero-order valence-electron chi connectivity index (χ0n) is 10.4. The van der Waals surface area contributed by atoms with Gasteiger partial charge in [-0.25, -0.2) is 0 Å². The molecular formula is C13H11ClF3N3. The number of nitrogens with one attached hydrogen (secondary N) is 1. The Balaban J connectivity index is 2.13. The SMILES string of the molecule is CC(Nc1ccc(C(F)(F)F)nn1)c1ccccc1Cl. The van der Waals surface area contributed by atoms with Crippen molar-refractivity contribution in [2.75, 3.05) is 5.32 Å². The second-order valence-electron chi connectivity index (χ2n) is 4.19. The Morgan fingerprint density at radius 1 is 1.10 bits per heavy atom. The molecule has 0 bridgehead atoms. The van der Waals surface area contributed by atoms with Gasteiger partial charge in [0.2, 0.25) is 0 Å². The molecule has 0 aliphatic carbocycles. The maximum absolute atomic E-state index is 12.4. The molecule has 0 amide bonds. The Morgan fingerprint density at radius 3 is 2.35 bits per heavy atom. The van der Waals surface area contributed by atoms with Crippen molar-refractivity contribution >= 4 is 17.4 Å². The van der Waals surface area contributed by atoms with Crippen LogP contribution in [0.15, 0.2) is 36.4 Å². The van der Waals surface area contributed by atoms with Crippen molar-refractivity contribution in [2.45, 2.75) is 19.1 Å². The van der Waals surface area contributed by atoms with Gasteiger partial charge in [0.25, 0.3) is 0 Å². The smallest absolute Gasteiger partial charge is 0.362 e. The number of hydrogen-bond acceptors (Lipinski definition) is 3. The summed E-state index contributed by atoms with van der Waals surface area (Å²) in [5, 5.41) is 10.2. The molecule has 0 spiro atoms. The third kappa shape index (κ3) is 3.39.